The summed E-state index contributed by atoms with van der Waals surface area (Å²) in [4.78, 5) is 10.5. The van der Waals surface area contributed by atoms with Crippen molar-refractivity contribution < 1.29 is 20.4 Å². The predicted molar refractivity (Wildman–Crippen MR) is 56.9 cm³/mol. The Morgan fingerprint density at radius 3 is 2.47 bits per heavy atom. The molecule has 0 fully saturated rings. The van der Waals surface area contributed by atoms with Crippen LogP contribution in [-0.2, 0) is 6.14 Å². The largest absolute Gasteiger partial charge is 0.478 e. The molecule has 0 aliphatic heterocycles. The zero-order valence-electron chi connectivity index (χ0n) is 6.96. The number of nitrogen functional groups attached to an aromatic ring is 1. The second kappa shape index (κ2) is 4.27. The molecule has 0 spiro atoms. The molecular weight excluding hydrogens is 343 g/mol. The fraction of sp³-hybridized carbons (Fsp3) is 0. The molecule has 82 valence electrons. The van der Waals surface area contributed by atoms with Crippen LogP contribution >= 0.6 is 31.4 Å². The first-order chi connectivity index (χ1) is 6.86. The van der Waals surface area contributed by atoms with Gasteiger partial charge in [-0.2, -0.15) is 0 Å². The van der Waals surface area contributed by atoms with Crippen LogP contribution in [0.2, 0.25) is 5.02 Å². The van der Waals surface area contributed by atoms with E-state index in [1.165, 1.54) is 0 Å². The van der Waals surface area contributed by atoms with Crippen molar-refractivity contribution >= 4 is 43.1 Å². The molecule has 0 atom stereocenters. The van der Waals surface area contributed by atoms with Crippen LogP contribution in [0.15, 0.2) is 6.07 Å². The second-order valence-electron chi connectivity index (χ2n) is 2.48. The Bertz CT molecular complexity index is 506. The van der Waals surface area contributed by atoms with Crippen molar-refractivity contribution in [2.24, 2.45) is 0 Å². The standard InChI is InChI=1S/C7H4ClFINO4/c8-4-3(11)1-2(7(12)13)5(9)6(4)10(14)15/h1H,11H2,(H,12,13). The van der Waals surface area contributed by atoms with Gasteiger partial charge in [-0.05, 0) is 6.07 Å². The Balaban J connectivity index is 3.71. The van der Waals surface area contributed by atoms with Gasteiger partial charge in [0.05, 0.1) is 16.3 Å². The zero-order chi connectivity index (χ0) is 11.7. The molecule has 0 heterocycles. The van der Waals surface area contributed by atoms with Gasteiger partial charge in [0.25, 0.3) is 0 Å². The molecular formula is C7H4ClFINO4. The van der Waals surface area contributed by atoms with Crippen LogP contribution in [0.5, 0.6) is 0 Å². The molecule has 0 aliphatic carbocycles. The Hall–Kier alpha value is -0.960. The van der Waals surface area contributed by atoms with E-state index >= 15 is 0 Å². The van der Waals surface area contributed by atoms with Gasteiger partial charge in [0.15, 0.2) is 5.82 Å². The lowest BCUT2D eigenvalue weighted by atomic mass is 10.2. The number of aromatic carboxylic acids is 1. The summed E-state index contributed by atoms with van der Waals surface area (Å²) in [5.41, 5.74) is 4.17. The normalized spacial score (nSPS) is 10.6. The third kappa shape index (κ3) is 2.17. The van der Waals surface area contributed by atoms with Crippen molar-refractivity contribution in [1.82, 2.24) is 0 Å². The van der Waals surface area contributed by atoms with E-state index in [-0.39, 0.29) is 5.69 Å². The van der Waals surface area contributed by atoms with Crippen LogP contribution in [-0.4, -0.2) is 11.1 Å². The smallest absolute Gasteiger partial charge is 0.345 e. The van der Waals surface area contributed by atoms with Crippen molar-refractivity contribution in [1.29, 1.82) is 0 Å². The topological polar surface area (TPSA) is 97.5 Å². The van der Waals surface area contributed by atoms with E-state index in [1.807, 2.05) is 0 Å². The van der Waals surface area contributed by atoms with E-state index in [9.17, 15) is 15.3 Å². The molecule has 0 saturated carbocycles. The quantitative estimate of drug-likeness (QED) is 0.485. The summed E-state index contributed by atoms with van der Waals surface area (Å²) in [6.07, 6.45) is 0. The molecule has 8 heteroatoms. The van der Waals surface area contributed by atoms with Crippen LogP contribution in [0.4, 0.5) is 10.1 Å². The number of rotatable bonds is 2. The SMILES string of the molecule is Nc1cc(C(=O)O)c(F)c(I(=O)=O)c1Cl. The van der Waals surface area contributed by atoms with E-state index in [0.29, 0.717) is 0 Å². The number of halogens is 3. The minimum atomic E-state index is -4.23. The lowest BCUT2D eigenvalue weighted by Gasteiger charge is -2.04. The summed E-state index contributed by atoms with van der Waals surface area (Å²) in [7, 11) is 0. The fourth-order valence-electron chi connectivity index (χ4n) is 0.915. The Labute approximate surface area is 95.2 Å². The van der Waals surface area contributed by atoms with Gasteiger partial charge in [0.2, 0.25) is 0 Å². The molecule has 0 bridgehead atoms. The van der Waals surface area contributed by atoms with Crippen LogP contribution in [0, 0.1) is 9.39 Å². The van der Waals surface area contributed by atoms with E-state index in [2.05, 4.69) is 0 Å². The number of benzene rings is 1. The number of anilines is 1. The average Bonchev–Trinajstić information content (AvgIpc) is 2.10. The van der Waals surface area contributed by atoms with Crippen molar-refractivity contribution in [2.75, 3.05) is 5.73 Å². The second-order valence-corrected chi connectivity index (χ2v) is 5.17. The minimum absolute atomic E-state index is 0.278. The zero-order valence-corrected chi connectivity index (χ0v) is 9.87. The summed E-state index contributed by atoms with van der Waals surface area (Å²) in [6.45, 7) is 0. The number of hydrogen-bond donors (Lipinski definition) is 2. The van der Waals surface area contributed by atoms with Gasteiger partial charge in [0.1, 0.15) is 3.57 Å². The third-order valence-electron chi connectivity index (χ3n) is 1.56. The summed E-state index contributed by atoms with van der Waals surface area (Å²) in [5, 5.41) is 8.10. The van der Waals surface area contributed by atoms with Crippen molar-refractivity contribution in [3.8, 4) is 0 Å². The maximum Gasteiger partial charge on any atom is 0.345 e. The minimum Gasteiger partial charge on any atom is -0.478 e. The molecule has 0 unspecified atom stereocenters. The fourth-order valence-corrected chi connectivity index (χ4v) is 2.82. The maximum atomic E-state index is 13.3. The Kier molecular flexibility index (Phi) is 3.45. The van der Waals surface area contributed by atoms with Gasteiger partial charge >= 0.3 is 25.8 Å². The highest BCUT2D eigenvalue weighted by Crippen LogP contribution is 2.34. The molecule has 1 rings (SSSR count). The summed E-state index contributed by atoms with van der Waals surface area (Å²) in [6, 6.07) is 0.781. The Morgan fingerprint density at radius 2 is 2.07 bits per heavy atom. The average molecular weight is 347 g/mol. The molecule has 5 nitrogen and oxygen atoms in total. The van der Waals surface area contributed by atoms with E-state index < -0.39 is 45.7 Å². The maximum absolute atomic E-state index is 13.3. The van der Waals surface area contributed by atoms with E-state index in [4.69, 9.17) is 22.4 Å². The first-order valence-corrected chi connectivity index (χ1v) is 6.64. The highest BCUT2D eigenvalue weighted by atomic mass is 127. The van der Waals surface area contributed by atoms with Crippen molar-refractivity contribution in [3.05, 3.63) is 26.0 Å². The molecule has 0 aliphatic rings. The van der Waals surface area contributed by atoms with Gasteiger partial charge in [-0.15, -0.1) is 0 Å². The molecule has 0 amide bonds. The summed E-state index contributed by atoms with van der Waals surface area (Å²) < 4.78 is 34.0. The van der Waals surface area contributed by atoms with E-state index in [1.54, 1.807) is 0 Å². The summed E-state index contributed by atoms with van der Waals surface area (Å²) >= 11 is 1.23. The molecule has 3 N–H and O–H groups in total. The molecule has 0 aromatic heterocycles. The van der Waals surface area contributed by atoms with Crippen molar-refractivity contribution in [2.45, 2.75) is 0 Å². The number of carbonyl (C=O) groups is 1. The van der Waals surface area contributed by atoms with Gasteiger partial charge in [0, 0.05) is 0 Å². The summed E-state index contributed by atoms with van der Waals surface area (Å²) in [5.74, 6) is -2.97. The van der Waals surface area contributed by atoms with Crippen LogP contribution < -0.4 is 5.73 Å². The molecule has 0 radical (unpaired) electrons. The first kappa shape index (κ1) is 12.1. The van der Waals surface area contributed by atoms with Gasteiger partial charge in [-0.1, -0.05) is 11.6 Å². The number of hydrogen-bond acceptors (Lipinski definition) is 4. The van der Waals surface area contributed by atoms with E-state index in [0.717, 1.165) is 6.07 Å². The lowest BCUT2D eigenvalue weighted by molar-refractivity contribution is 0.0692. The molecule has 1 aromatic rings. The van der Waals surface area contributed by atoms with Gasteiger partial charge in [-0.3, -0.25) is 0 Å². The number of carboxylic acid groups (broad SMARTS) is 1. The third-order valence-corrected chi connectivity index (χ3v) is 4.18. The van der Waals surface area contributed by atoms with Gasteiger partial charge in [-0.25, -0.2) is 15.3 Å². The van der Waals surface area contributed by atoms with Crippen LogP contribution in [0.3, 0.4) is 0 Å². The van der Waals surface area contributed by atoms with Gasteiger partial charge < -0.3 is 10.8 Å². The first-order valence-electron chi connectivity index (χ1n) is 3.42. The number of nitrogens with two attached hydrogens (primary N) is 1. The van der Waals surface area contributed by atoms with Crippen LogP contribution in [0.25, 0.3) is 0 Å². The highest BCUT2D eigenvalue weighted by Gasteiger charge is 2.23. The van der Waals surface area contributed by atoms with Crippen LogP contribution in [0.1, 0.15) is 10.4 Å². The Morgan fingerprint density at radius 1 is 1.53 bits per heavy atom. The molecule has 15 heavy (non-hydrogen) atoms. The number of carboxylic acids is 1. The molecule has 0 saturated heterocycles. The molecule has 1 aromatic carbocycles. The lowest BCUT2D eigenvalue weighted by Crippen LogP contribution is -2.05. The van der Waals surface area contributed by atoms with Crippen molar-refractivity contribution in [3.63, 3.8) is 0 Å². The predicted octanol–water partition coefficient (Wildman–Crippen LogP) is 2.13. The highest BCUT2D eigenvalue weighted by molar-refractivity contribution is 14.2. The monoisotopic (exact) mass is 347 g/mol.